The third-order valence-corrected chi connectivity index (χ3v) is 8.65. The highest BCUT2D eigenvalue weighted by Gasteiger charge is 2.60. The summed E-state index contributed by atoms with van der Waals surface area (Å²) in [6.45, 7) is 8.25. The van der Waals surface area contributed by atoms with Crippen LogP contribution in [0.25, 0.3) is 0 Å². The first kappa shape index (κ1) is 25.0. The average molecular weight is 467 g/mol. The van der Waals surface area contributed by atoms with Gasteiger partial charge in [-0.3, -0.25) is 4.79 Å². The van der Waals surface area contributed by atoms with Crippen molar-refractivity contribution in [3.8, 4) is 0 Å². The van der Waals surface area contributed by atoms with Crippen LogP contribution in [0.15, 0.2) is 17.5 Å². The molecule has 32 heavy (non-hydrogen) atoms. The number of hydrogen-bond donors (Lipinski definition) is 4. The number of thiophene rings is 1. The van der Waals surface area contributed by atoms with Gasteiger partial charge in [0.25, 0.3) is 0 Å². The Kier molecular flexibility index (Phi) is 7.89. The molecule has 2 fully saturated rings. The highest BCUT2D eigenvalue weighted by molar-refractivity contribution is 7.09. The fourth-order valence-electron chi connectivity index (χ4n) is 6.05. The molecule has 8 heteroatoms. The zero-order chi connectivity index (χ0) is 23.5. The summed E-state index contributed by atoms with van der Waals surface area (Å²) in [7, 11) is 0. The summed E-state index contributed by atoms with van der Waals surface area (Å²) >= 11 is 1.60. The molecule has 0 unspecified atom stereocenters. The Morgan fingerprint density at radius 3 is 2.66 bits per heavy atom. The lowest BCUT2D eigenvalue weighted by Gasteiger charge is -2.60. The smallest absolute Gasteiger partial charge is 0.407 e. The molecule has 0 radical (unpaired) electrons. The molecule has 0 bridgehead atoms. The number of nitrogens with one attached hydrogen (secondary N) is 2. The maximum absolute atomic E-state index is 12.8. The number of aliphatic hydroxyl groups excluding tert-OH is 2. The molecule has 0 spiro atoms. The van der Waals surface area contributed by atoms with E-state index in [1.54, 1.807) is 11.3 Å². The molecule has 1 heterocycles. The quantitative estimate of drug-likeness (QED) is 0.492. The molecule has 2 saturated carbocycles. The molecule has 2 aliphatic carbocycles. The number of carbonyl (C=O) groups is 2. The van der Waals surface area contributed by atoms with Gasteiger partial charge in [-0.1, -0.05) is 19.9 Å². The summed E-state index contributed by atoms with van der Waals surface area (Å²) in [5.74, 6) is -0.241. The van der Waals surface area contributed by atoms with E-state index in [0.717, 1.165) is 17.7 Å². The Hall–Kier alpha value is -1.64. The number of amides is 2. The lowest BCUT2D eigenvalue weighted by atomic mass is 9.46. The number of alkyl carbamates (subject to hydrolysis) is 1. The van der Waals surface area contributed by atoms with Crippen molar-refractivity contribution in [2.24, 2.45) is 22.7 Å². The molecule has 1 aromatic heterocycles. The molecule has 1 aromatic rings. The van der Waals surface area contributed by atoms with E-state index in [9.17, 15) is 19.8 Å². The van der Waals surface area contributed by atoms with Gasteiger partial charge in [-0.05, 0) is 68.2 Å². The fourth-order valence-corrected chi connectivity index (χ4v) is 6.69. The highest BCUT2D eigenvalue weighted by atomic mass is 32.1. The molecular weight excluding hydrogens is 428 g/mol. The highest BCUT2D eigenvalue weighted by Crippen LogP contribution is 2.61. The van der Waals surface area contributed by atoms with E-state index < -0.39 is 23.7 Å². The van der Waals surface area contributed by atoms with Gasteiger partial charge in [-0.2, -0.15) is 0 Å². The molecule has 180 valence electrons. The normalized spacial score (nSPS) is 34.6. The van der Waals surface area contributed by atoms with Crippen molar-refractivity contribution >= 4 is 23.3 Å². The summed E-state index contributed by atoms with van der Waals surface area (Å²) in [5, 5.41) is 29.1. The SMILES string of the molecule is CC(C)NC(=O)O[C@H]1CC[C@@]2(C)[C@H](CC[C@@H](O)[C@H]2CC(=O)NCc2cccs2)[C@]1(C)CO. The molecule has 7 nitrogen and oxygen atoms in total. The van der Waals surface area contributed by atoms with Crippen molar-refractivity contribution in [2.75, 3.05) is 6.61 Å². The van der Waals surface area contributed by atoms with Gasteiger partial charge in [0.2, 0.25) is 5.91 Å². The van der Waals surface area contributed by atoms with Crippen LogP contribution >= 0.6 is 11.3 Å². The van der Waals surface area contributed by atoms with E-state index in [1.165, 1.54) is 0 Å². The molecule has 0 aromatic carbocycles. The van der Waals surface area contributed by atoms with Gasteiger partial charge in [0.1, 0.15) is 6.10 Å². The lowest BCUT2D eigenvalue weighted by molar-refractivity contribution is -0.186. The number of aliphatic hydroxyl groups is 2. The monoisotopic (exact) mass is 466 g/mol. The topological polar surface area (TPSA) is 108 Å². The predicted molar refractivity (Wildman–Crippen MR) is 124 cm³/mol. The Morgan fingerprint density at radius 2 is 2.03 bits per heavy atom. The standard InChI is InChI=1S/C24H38N2O5S/c1-15(2)26-22(30)31-20-9-10-23(3)17(12-21(29)25-13-16-6-5-11-32-16)18(28)7-8-19(23)24(20,4)14-27/h5-6,11,15,17-20,27-28H,7-10,12-14H2,1-4H3,(H,25,29)(H,26,30)/t17-,18-,19+,20+,23-,24+/m1/s1. The molecule has 6 atom stereocenters. The summed E-state index contributed by atoms with van der Waals surface area (Å²) in [4.78, 5) is 26.2. The van der Waals surface area contributed by atoms with E-state index in [1.807, 2.05) is 38.3 Å². The third kappa shape index (κ3) is 5.13. The van der Waals surface area contributed by atoms with Crippen LogP contribution in [0.2, 0.25) is 0 Å². The van der Waals surface area contributed by atoms with Gasteiger partial charge in [-0.25, -0.2) is 4.79 Å². The minimum Gasteiger partial charge on any atom is -0.446 e. The molecule has 3 rings (SSSR count). The molecule has 2 amide bonds. The van der Waals surface area contributed by atoms with Crippen LogP contribution in [0.5, 0.6) is 0 Å². The average Bonchev–Trinajstić information content (AvgIpc) is 3.24. The Bertz CT molecular complexity index is 785. The second-order valence-corrected chi connectivity index (χ2v) is 11.3. The molecule has 2 aliphatic rings. The first-order valence-electron chi connectivity index (χ1n) is 11.6. The number of fused-ring (bicyclic) bond motifs is 1. The summed E-state index contributed by atoms with van der Waals surface area (Å²) in [6, 6.07) is 3.92. The van der Waals surface area contributed by atoms with Crippen molar-refractivity contribution in [1.82, 2.24) is 10.6 Å². The Morgan fingerprint density at radius 1 is 1.28 bits per heavy atom. The first-order chi connectivity index (χ1) is 15.1. The van der Waals surface area contributed by atoms with Gasteiger partial charge < -0.3 is 25.6 Å². The van der Waals surface area contributed by atoms with E-state index >= 15 is 0 Å². The Balaban J connectivity index is 1.74. The van der Waals surface area contributed by atoms with E-state index in [0.29, 0.717) is 19.4 Å². The van der Waals surface area contributed by atoms with Crippen LogP contribution < -0.4 is 10.6 Å². The molecular formula is C24H38N2O5S. The van der Waals surface area contributed by atoms with Crippen LogP contribution in [0, 0.1) is 22.7 Å². The second kappa shape index (κ2) is 10.1. The van der Waals surface area contributed by atoms with Crippen molar-refractivity contribution in [3.63, 3.8) is 0 Å². The minimum atomic E-state index is -0.632. The fraction of sp³-hybridized carbons (Fsp3) is 0.750. The first-order valence-corrected chi connectivity index (χ1v) is 12.5. The zero-order valence-electron chi connectivity index (χ0n) is 19.6. The van der Waals surface area contributed by atoms with Gasteiger partial charge in [-0.15, -0.1) is 11.3 Å². The lowest BCUT2D eigenvalue weighted by Crippen LogP contribution is -2.61. The van der Waals surface area contributed by atoms with Crippen LogP contribution in [-0.2, 0) is 16.1 Å². The van der Waals surface area contributed by atoms with Crippen LogP contribution in [0.4, 0.5) is 4.79 Å². The van der Waals surface area contributed by atoms with Crippen molar-refractivity contribution in [1.29, 1.82) is 0 Å². The number of carbonyl (C=O) groups excluding carboxylic acids is 2. The predicted octanol–water partition coefficient (Wildman–Crippen LogP) is 3.44. The van der Waals surface area contributed by atoms with Gasteiger partial charge >= 0.3 is 6.09 Å². The van der Waals surface area contributed by atoms with Gasteiger partial charge in [0, 0.05) is 22.8 Å². The van der Waals surface area contributed by atoms with Crippen LogP contribution in [-0.4, -0.2) is 47.1 Å². The summed E-state index contributed by atoms with van der Waals surface area (Å²) in [5.41, 5.74) is -0.961. The molecule has 4 N–H and O–H groups in total. The van der Waals surface area contributed by atoms with Crippen LogP contribution in [0.1, 0.15) is 64.7 Å². The maximum atomic E-state index is 12.8. The number of rotatable bonds is 7. The van der Waals surface area contributed by atoms with Crippen molar-refractivity contribution in [3.05, 3.63) is 22.4 Å². The van der Waals surface area contributed by atoms with Gasteiger partial charge in [0.15, 0.2) is 0 Å². The largest absolute Gasteiger partial charge is 0.446 e. The molecule has 0 saturated heterocycles. The van der Waals surface area contributed by atoms with Crippen LogP contribution in [0.3, 0.4) is 0 Å². The van der Waals surface area contributed by atoms with E-state index in [4.69, 9.17) is 4.74 Å². The number of hydrogen-bond acceptors (Lipinski definition) is 6. The van der Waals surface area contributed by atoms with Crippen molar-refractivity contribution in [2.45, 2.75) is 84.6 Å². The number of ether oxygens (including phenoxy) is 1. The van der Waals surface area contributed by atoms with Crippen molar-refractivity contribution < 1.29 is 24.5 Å². The summed E-state index contributed by atoms with van der Waals surface area (Å²) in [6.07, 6.45) is 1.44. The van der Waals surface area contributed by atoms with E-state index in [-0.39, 0.29) is 42.2 Å². The minimum absolute atomic E-state index is 0.0290. The molecule has 0 aliphatic heterocycles. The van der Waals surface area contributed by atoms with E-state index in [2.05, 4.69) is 17.6 Å². The maximum Gasteiger partial charge on any atom is 0.407 e. The third-order valence-electron chi connectivity index (χ3n) is 7.78. The van der Waals surface area contributed by atoms with Gasteiger partial charge in [0.05, 0.1) is 19.3 Å². The Labute approximate surface area is 194 Å². The zero-order valence-corrected chi connectivity index (χ0v) is 20.4. The summed E-state index contributed by atoms with van der Waals surface area (Å²) < 4.78 is 5.78. The second-order valence-electron chi connectivity index (χ2n) is 10.3.